The van der Waals surface area contributed by atoms with Crippen molar-refractivity contribution in [3.05, 3.63) is 133 Å². The van der Waals surface area contributed by atoms with Gasteiger partial charge in [0.15, 0.2) is 0 Å². The van der Waals surface area contributed by atoms with E-state index in [9.17, 15) is 19.2 Å². The molecule has 63 heavy (non-hydrogen) atoms. The summed E-state index contributed by atoms with van der Waals surface area (Å²) in [6, 6.07) is 32.0. The van der Waals surface area contributed by atoms with E-state index in [2.05, 4.69) is 75.2 Å². The lowest BCUT2D eigenvalue weighted by molar-refractivity contribution is -0.135. The van der Waals surface area contributed by atoms with Crippen molar-refractivity contribution in [1.82, 2.24) is 40.4 Å². The third-order valence-electron chi connectivity index (χ3n) is 12.0. The van der Waals surface area contributed by atoms with Gasteiger partial charge < -0.3 is 39.9 Å². The standard InChI is InChI=1S/C49H52N8O6/c1-30(2)42(54-48(60)62-3)46(58)56-25-11-17-40(56)45-51-29-39(53-45)35-23-24-36(37(27-35)31-13-7-5-8-14-31)32-19-21-33(22-20-32)38-28-50-44(52-38)41-18-12-26-57(41)47(59)43(55-49(61)63-4)34-15-9-6-10-16-34/h5-10,13-16,19-24,27-30,40-43H,11-12,17-18,25-26H2,1-4H3,(H,50,52)(H,51,53)(H,54,60)(H,55,61)/t40-,41-,42-,43-/m0/s1. The van der Waals surface area contributed by atoms with Crippen LogP contribution in [0.25, 0.3) is 44.8 Å². The first-order valence-electron chi connectivity index (χ1n) is 21.4. The minimum absolute atomic E-state index is 0.125. The van der Waals surface area contributed by atoms with Gasteiger partial charge in [-0.05, 0) is 71.0 Å². The molecule has 6 aromatic rings. The predicted molar refractivity (Wildman–Crippen MR) is 239 cm³/mol. The highest BCUT2D eigenvalue weighted by molar-refractivity contribution is 5.89. The fourth-order valence-electron chi connectivity index (χ4n) is 8.74. The number of aromatic amines is 2. The fraction of sp³-hybridized carbons (Fsp3) is 0.306. The summed E-state index contributed by atoms with van der Waals surface area (Å²) in [6.45, 7) is 4.92. The van der Waals surface area contributed by atoms with Crippen molar-refractivity contribution in [3.8, 4) is 44.8 Å². The largest absolute Gasteiger partial charge is 0.453 e. The number of H-pyrrole nitrogens is 2. The zero-order valence-electron chi connectivity index (χ0n) is 35.8. The van der Waals surface area contributed by atoms with E-state index in [0.29, 0.717) is 30.3 Å². The van der Waals surface area contributed by atoms with Crippen molar-refractivity contribution in [2.24, 2.45) is 5.92 Å². The maximum atomic E-state index is 14.0. The molecule has 0 bridgehead atoms. The minimum atomic E-state index is -0.893. The number of carbonyl (C=O) groups excluding carboxylic acids is 4. The van der Waals surface area contributed by atoms with Gasteiger partial charge in [-0.25, -0.2) is 19.6 Å². The summed E-state index contributed by atoms with van der Waals surface area (Å²) in [5, 5.41) is 5.44. The Balaban J connectivity index is 1.02. The molecule has 14 nitrogen and oxygen atoms in total. The highest BCUT2D eigenvalue weighted by Gasteiger charge is 2.39. The zero-order chi connectivity index (χ0) is 44.0. The predicted octanol–water partition coefficient (Wildman–Crippen LogP) is 8.61. The Labute approximate surface area is 366 Å². The van der Waals surface area contributed by atoms with E-state index < -0.39 is 24.3 Å². The summed E-state index contributed by atoms with van der Waals surface area (Å²) in [7, 11) is 2.57. The van der Waals surface area contributed by atoms with Crippen LogP contribution in [0, 0.1) is 5.92 Å². The van der Waals surface area contributed by atoms with Crippen LogP contribution >= 0.6 is 0 Å². The van der Waals surface area contributed by atoms with Crippen LogP contribution in [0.3, 0.4) is 0 Å². The molecule has 4 amide bonds. The van der Waals surface area contributed by atoms with Gasteiger partial charge in [0.25, 0.3) is 5.91 Å². The quantitative estimate of drug-likeness (QED) is 0.0947. The molecule has 2 aliphatic rings. The number of benzene rings is 4. The van der Waals surface area contributed by atoms with Gasteiger partial charge in [-0.3, -0.25) is 9.59 Å². The van der Waals surface area contributed by atoms with Crippen LogP contribution < -0.4 is 10.6 Å². The van der Waals surface area contributed by atoms with E-state index in [-0.39, 0.29) is 29.8 Å². The molecule has 4 atom stereocenters. The highest BCUT2D eigenvalue weighted by atomic mass is 16.5. The van der Waals surface area contributed by atoms with Gasteiger partial charge in [-0.1, -0.05) is 111 Å². The molecule has 0 radical (unpaired) electrons. The number of ether oxygens (including phenoxy) is 2. The van der Waals surface area contributed by atoms with Gasteiger partial charge in [0.2, 0.25) is 5.91 Å². The number of likely N-dealkylation sites (tertiary alicyclic amines) is 2. The van der Waals surface area contributed by atoms with Crippen LogP contribution in [0.1, 0.15) is 74.9 Å². The molecule has 4 N–H and O–H groups in total. The summed E-state index contributed by atoms with van der Waals surface area (Å²) in [6.07, 6.45) is 5.45. The average molecular weight is 849 g/mol. The number of aromatic nitrogens is 4. The molecule has 2 fully saturated rings. The van der Waals surface area contributed by atoms with Crippen molar-refractivity contribution in [3.63, 3.8) is 0 Å². The Morgan fingerprint density at radius 2 is 1.13 bits per heavy atom. The smallest absolute Gasteiger partial charge is 0.407 e. The van der Waals surface area contributed by atoms with Crippen LogP contribution in [-0.2, 0) is 19.1 Å². The van der Waals surface area contributed by atoms with Crippen LogP contribution in [0.2, 0.25) is 0 Å². The number of carbonyl (C=O) groups is 4. The summed E-state index contributed by atoms with van der Waals surface area (Å²) in [4.78, 5) is 72.3. The summed E-state index contributed by atoms with van der Waals surface area (Å²) in [5.41, 5.74) is 8.45. The molecular formula is C49H52N8O6. The van der Waals surface area contributed by atoms with E-state index in [1.54, 1.807) is 11.1 Å². The minimum Gasteiger partial charge on any atom is -0.453 e. The van der Waals surface area contributed by atoms with E-state index in [0.717, 1.165) is 70.5 Å². The van der Waals surface area contributed by atoms with Crippen LogP contribution in [0.4, 0.5) is 9.59 Å². The van der Waals surface area contributed by atoms with Crippen LogP contribution in [0.5, 0.6) is 0 Å². The summed E-state index contributed by atoms with van der Waals surface area (Å²) in [5.74, 6) is 0.903. The number of nitrogens with one attached hydrogen (secondary N) is 4. The molecule has 2 aliphatic heterocycles. The lowest BCUT2D eigenvalue weighted by Crippen LogP contribution is -2.51. The maximum Gasteiger partial charge on any atom is 0.407 e. The number of methoxy groups -OCH3 is 2. The summed E-state index contributed by atoms with van der Waals surface area (Å²) >= 11 is 0. The second kappa shape index (κ2) is 18.8. The van der Waals surface area contributed by atoms with Gasteiger partial charge >= 0.3 is 12.2 Å². The average Bonchev–Trinajstić information content (AvgIpc) is 4.17. The molecule has 324 valence electrons. The number of hydrogen-bond acceptors (Lipinski definition) is 8. The number of imidazole rings is 2. The number of nitrogens with zero attached hydrogens (tertiary/aromatic N) is 4. The molecule has 14 heteroatoms. The maximum absolute atomic E-state index is 14.0. The van der Waals surface area contributed by atoms with E-state index in [1.807, 2.05) is 73.5 Å². The molecule has 0 aliphatic carbocycles. The second-order valence-electron chi connectivity index (χ2n) is 16.3. The second-order valence-corrected chi connectivity index (χ2v) is 16.3. The Kier molecular flexibility index (Phi) is 12.7. The van der Waals surface area contributed by atoms with Crippen molar-refractivity contribution in [2.45, 2.75) is 63.7 Å². The molecule has 0 unspecified atom stereocenters. The number of alkyl carbamates (subject to hydrolysis) is 2. The third-order valence-corrected chi connectivity index (χ3v) is 12.0. The summed E-state index contributed by atoms with van der Waals surface area (Å²) < 4.78 is 9.65. The highest BCUT2D eigenvalue weighted by Crippen LogP contribution is 2.39. The topological polar surface area (TPSA) is 175 Å². The van der Waals surface area contributed by atoms with Gasteiger partial charge in [0.1, 0.15) is 23.7 Å². The normalized spacial score (nSPS) is 17.0. The van der Waals surface area contributed by atoms with E-state index in [4.69, 9.17) is 19.4 Å². The molecule has 0 saturated carbocycles. The SMILES string of the molecule is COC(=O)N[C@H](C(=O)N1CCC[C@H]1c1ncc(-c2ccc(-c3ccc(-c4cnc([C@@H]5CCCN5C(=O)[C@@H](NC(=O)OC)C(C)C)[nH]4)cc3-c3ccccc3)cc2)[nH]1)c1ccccc1. The Morgan fingerprint density at radius 1 is 0.619 bits per heavy atom. The van der Waals surface area contributed by atoms with Gasteiger partial charge in [0, 0.05) is 18.7 Å². The first-order valence-corrected chi connectivity index (χ1v) is 21.4. The molecular weight excluding hydrogens is 797 g/mol. The zero-order valence-corrected chi connectivity index (χ0v) is 35.8. The number of hydrogen-bond donors (Lipinski definition) is 4. The lowest BCUT2D eigenvalue weighted by Gasteiger charge is -2.30. The lowest BCUT2D eigenvalue weighted by atomic mass is 9.91. The Hall–Kier alpha value is -7.22. The molecule has 2 aromatic heterocycles. The number of amides is 4. The van der Waals surface area contributed by atoms with Crippen molar-refractivity contribution in [2.75, 3.05) is 27.3 Å². The van der Waals surface area contributed by atoms with E-state index in [1.165, 1.54) is 14.2 Å². The number of rotatable bonds is 12. The van der Waals surface area contributed by atoms with Crippen LogP contribution in [0.15, 0.2) is 116 Å². The first-order chi connectivity index (χ1) is 30.6. The molecule has 2 saturated heterocycles. The van der Waals surface area contributed by atoms with E-state index >= 15 is 0 Å². The fourth-order valence-corrected chi connectivity index (χ4v) is 8.74. The molecule has 4 aromatic carbocycles. The van der Waals surface area contributed by atoms with Crippen molar-refractivity contribution < 1.29 is 28.7 Å². The van der Waals surface area contributed by atoms with Crippen LogP contribution in [-0.4, -0.2) is 87.1 Å². The van der Waals surface area contributed by atoms with Crippen molar-refractivity contribution in [1.29, 1.82) is 0 Å². The molecule has 4 heterocycles. The van der Waals surface area contributed by atoms with Gasteiger partial charge in [-0.2, -0.15) is 0 Å². The monoisotopic (exact) mass is 848 g/mol. The molecule has 8 rings (SSSR count). The van der Waals surface area contributed by atoms with Gasteiger partial charge in [0.05, 0.1) is 50.1 Å². The third kappa shape index (κ3) is 9.06. The first kappa shape index (κ1) is 42.5. The van der Waals surface area contributed by atoms with Crippen molar-refractivity contribution >= 4 is 24.0 Å². The molecule has 0 spiro atoms. The Morgan fingerprint density at radius 3 is 1.71 bits per heavy atom. The van der Waals surface area contributed by atoms with Gasteiger partial charge in [-0.15, -0.1) is 0 Å². The Bertz CT molecular complexity index is 2560.